The molecule has 0 aromatic carbocycles. The molecule has 3 aromatic heterocycles. The molecule has 1 fully saturated rings. The Balaban J connectivity index is 1.31. The maximum Gasteiger partial charge on any atom is 0.414 e. The van der Waals surface area contributed by atoms with Crippen LogP contribution >= 0.6 is 0 Å². The summed E-state index contributed by atoms with van der Waals surface area (Å²) in [6.07, 6.45) is 4.86. The van der Waals surface area contributed by atoms with Crippen molar-refractivity contribution in [1.29, 1.82) is 0 Å². The van der Waals surface area contributed by atoms with E-state index in [2.05, 4.69) is 30.5 Å². The van der Waals surface area contributed by atoms with Crippen LogP contribution < -0.4 is 15.5 Å². The Morgan fingerprint density at radius 2 is 1.98 bits per heavy atom. The minimum absolute atomic E-state index is 0.0770. The molecule has 0 aliphatic carbocycles. The lowest BCUT2D eigenvalue weighted by molar-refractivity contribution is 0.0566. The quantitative estimate of drug-likeness (QED) is 0.369. The molecule has 0 radical (unpaired) electrons. The highest BCUT2D eigenvalue weighted by molar-refractivity contribution is 5.98. The molecule has 12 nitrogen and oxygen atoms in total. The molecule has 13 heteroatoms. The third-order valence-electron chi connectivity index (χ3n) is 7.91. The molecule has 0 saturated carbocycles. The number of pyridine rings is 1. The number of anilines is 3. The molecule has 5 heterocycles. The molecule has 1 saturated heterocycles. The molecular weight excluding hydrogens is 567 g/mol. The molecule has 3 aromatic rings. The second-order valence-corrected chi connectivity index (χ2v) is 12.2. The van der Waals surface area contributed by atoms with Crippen LogP contribution in [-0.2, 0) is 22.9 Å². The molecule has 5 rings (SSSR count). The third kappa shape index (κ3) is 7.33. The summed E-state index contributed by atoms with van der Waals surface area (Å²) in [6.45, 7) is 10.1. The van der Waals surface area contributed by atoms with Gasteiger partial charge < -0.3 is 29.6 Å². The Labute approximate surface area is 257 Å². The predicted molar refractivity (Wildman–Crippen MR) is 165 cm³/mol. The minimum atomic E-state index is -0.646. The van der Waals surface area contributed by atoms with Crippen LogP contribution in [0.25, 0.3) is 11.4 Å². The number of hydrogen-bond donors (Lipinski definition) is 2. The number of hydrogen-bond acceptors (Lipinski definition) is 9. The molecule has 2 aliphatic rings. The largest absolute Gasteiger partial charge is 0.443 e. The summed E-state index contributed by atoms with van der Waals surface area (Å²) < 4.78 is 27.7. The number of methoxy groups -OCH3 is 1. The number of rotatable bonds is 9. The van der Waals surface area contributed by atoms with Gasteiger partial charge in [-0.3, -0.25) is 9.69 Å². The van der Waals surface area contributed by atoms with E-state index in [-0.39, 0.29) is 17.5 Å². The number of nitrogens with zero attached hydrogens (tertiary/aromatic N) is 6. The van der Waals surface area contributed by atoms with Crippen molar-refractivity contribution in [3.05, 3.63) is 47.7 Å². The lowest BCUT2D eigenvalue weighted by Gasteiger charge is -2.35. The first-order chi connectivity index (χ1) is 21.0. The number of halogens is 1. The number of likely N-dealkylation sites (tertiary alicyclic amines) is 1. The third-order valence-corrected chi connectivity index (χ3v) is 7.91. The van der Waals surface area contributed by atoms with Crippen molar-refractivity contribution < 1.29 is 23.5 Å². The first-order valence-corrected chi connectivity index (χ1v) is 15.0. The summed E-state index contributed by atoms with van der Waals surface area (Å²) in [5.41, 5.74) is 1.88. The maximum absolute atomic E-state index is 14.9. The Bertz CT molecular complexity index is 1480. The Kier molecular flexibility index (Phi) is 9.45. The molecule has 2 aliphatic heterocycles. The van der Waals surface area contributed by atoms with Crippen LogP contribution in [0.1, 0.15) is 49.7 Å². The SMILES string of the molecule is COCCN1CCC(CN(C(=O)OC(C)(C)C)c2ccc(Nc3ncc(F)c(-c4cc5c(n4C)CCNC5=O)n3)nc2)CC1. The lowest BCUT2D eigenvalue weighted by atomic mass is 9.96. The van der Waals surface area contributed by atoms with E-state index in [0.717, 1.165) is 44.4 Å². The highest BCUT2D eigenvalue weighted by Gasteiger charge is 2.29. The van der Waals surface area contributed by atoms with Gasteiger partial charge in [0.1, 0.15) is 17.1 Å². The number of nitrogens with one attached hydrogen (secondary N) is 2. The van der Waals surface area contributed by atoms with E-state index >= 15 is 0 Å². The standard InChI is InChI=1S/C31H41FN8O4/c1-31(2,3)44-30(42)40(19-20-9-12-39(13-10-20)14-15-43-5)21-6-7-26(34-17-21)36-29-35-18-23(32)27(37-29)25-16-22-24(38(25)4)8-11-33-28(22)41/h6-7,16-18,20H,8-15,19H2,1-5H3,(H,33,41)(H,34,35,36,37). The minimum Gasteiger partial charge on any atom is -0.443 e. The number of amides is 2. The molecule has 2 amide bonds. The van der Waals surface area contributed by atoms with Crippen molar-refractivity contribution in [2.45, 2.75) is 45.6 Å². The number of carbonyl (C=O) groups excluding carboxylic acids is 2. The molecular formula is C31H41FN8O4. The monoisotopic (exact) mass is 608 g/mol. The van der Waals surface area contributed by atoms with Crippen LogP contribution in [0.15, 0.2) is 30.6 Å². The van der Waals surface area contributed by atoms with E-state index in [9.17, 15) is 14.0 Å². The van der Waals surface area contributed by atoms with Gasteiger partial charge in [0, 0.05) is 45.9 Å². The second-order valence-electron chi connectivity index (χ2n) is 12.2. The number of piperidine rings is 1. The van der Waals surface area contributed by atoms with Crippen LogP contribution in [0.2, 0.25) is 0 Å². The van der Waals surface area contributed by atoms with Crippen molar-refractivity contribution in [2.24, 2.45) is 13.0 Å². The van der Waals surface area contributed by atoms with Crippen LogP contribution in [0.3, 0.4) is 0 Å². The summed E-state index contributed by atoms with van der Waals surface area (Å²) in [4.78, 5) is 42.6. The average molecular weight is 609 g/mol. The zero-order chi connectivity index (χ0) is 31.4. The van der Waals surface area contributed by atoms with Crippen molar-refractivity contribution in [1.82, 2.24) is 29.7 Å². The van der Waals surface area contributed by atoms with Gasteiger partial charge in [-0.15, -0.1) is 0 Å². The Hall–Kier alpha value is -4.10. The summed E-state index contributed by atoms with van der Waals surface area (Å²) in [5, 5.41) is 5.84. The van der Waals surface area contributed by atoms with Crippen molar-refractivity contribution >= 4 is 29.5 Å². The van der Waals surface area contributed by atoms with Gasteiger partial charge in [-0.2, -0.15) is 0 Å². The van der Waals surface area contributed by atoms with Crippen molar-refractivity contribution in [3.63, 3.8) is 0 Å². The number of fused-ring (bicyclic) bond motifs is 1. The van der Waals surface area contributed by atoms with E-state index in [1.54, 1.807) is 48.0 Å². The van der Waals surface area contributed by atoms with Crippen molar-refractivity contribution in [2.75, 3.05) is 56.7 Å². The Morgan fingerprint density at radius 3 is 2.64 bits per heavy atom. The number of ether oxygens (including phenoxy) is 2. The van der Waals surface area contributed by atoms with E-state index in [4.69, 9.17) is 9.47 Å². The molecule has 0 bridgehead atoms. The fourth-order valence-corrected chi connectivity index (χ4v) is 5.57. The second kappa shape index (κ2) is 13.3. The van der Waals surface area contributed by atoms with Crippen LogP contribution in [0.5, 0.6) is 0 Å². The lowest BCUT2D eigenvalue weighted by Crippen LogP contribution is -2.43. The molecule has 44 heavy (non-hydrogen) atoms. The highest BCUT2D eigenvalue weighted by Crippen LogP contribution is 2.29. The zero-order valence-corrected chi connectivity index (χ0v) is 26.0. The summed E-state index contributed by atoms with van der Waals surface area (Å²) >= 11 is 0. The Morgan fingerprint density at radius 1 is 1.20 bits per heavy atom. The van der Waals surface area contributed by atoms with E-state index in [1.165, 1.54) is 0 Å². The molecule has 0 unspecified atom stereocenters. The molecule has 236 valence electrons. The fourth-order valence-electron chi connectivity index (χ4n) is 5.57. The van der Waals surface area contributed by atoms with Crippen LogP contribution in [0.4, 0.5) is 26.6 Å². The fraction of sp³-hybridized carbons (Fsp3) is 0.516. The highest BCUT2D eigenvalue weighted by atomic mass is 19.1. The molecule has 0 atom stereocenters. The first-order valence-electron chi connectivity index (χ1n) is 15.0. The predicted octanol–water partition coefficient (Wildman–Crippen LogP) is 4.15. The van der Waals surface area contributed by atoms with Crippen molar-refractivity contribution in [3.8, 4) is 11.4 Å². The van der Waals surface area contributed by atoms with Gasteiger partial charge in [-0.05, 0) is 70.8 Å². The average Bonchev–Trinajstić information content (AvgIpc) is 3.33. The summed E-state index contributed by atoms with van der Waals surface area (Å²) in [5.74, 6) is 0.106. The maximum atomic E-state index is 14.9. The van der Waals surface area contributed by atoms with Gasteiger partial charge in [0.15, 0.2) is 5.82 Å². The van der Waals surface area contributed by atoms with Gasteiger partial charge >= 0.3 is 6.09 Å². The van der Waals surface area contributed by atoms with E-state index in [0.29, 0.717) is 54.8 Å². The zero-order valence-electron chi connectivity index (χ0n) is 26.0. The number of carbonyl (C=O) groups is 2. The van der Waals surface area contributed by atoms with Gasteiger partial charge in [0.2, 0.25) is 5.95 Å². The smallest absolute Gasteiger partial charge is 0.414 e. The normalized spacial score (nSPS) is 15.9. The van der Waals surface area contributed by atoms with Crippen LogP contribution in [0, 0.1) is 11.7 Å². The molecule has 0 spiro atoms. The first kappa shape index (κ1) is 31.3. The summed E-state index contributed by atoms with van der Waals surface area (Å²) in [6, 6.07) is 5.17. The van der Waals surface area contributed by atoms with Gasteiger partial charge in [0.25, 0.3) is 5.91 Å². The van der Waals surface area contributed by atoms with Gasteiger partial charge in [-0.1, -0.05) is 0 Å². The van der Waals surface area contributed by atoms with Gasteiger partial charge in [0.05, 0.1) is 35.9 Å². The number of aromatic nitrogens is 4. The van der Waals surface area contributed by atoms with Crippen LogP contribution in [-0.4, -0.2) is 88.5 Å². The van der Waals surface area contributed by atoms with E-state index in [1.807, 2.05) is 20.8 Å². The molecule has 2 N–H and O–H groups in total. The topological polar surface area (TPSA) is 127 Å². The van der Waals surface area contributed by atoms with Gasteiger partial charge in [-0.25, -0.2) is 24.1 Å². The summed E-state index contributed by atoms with van der Waals surface area (Å²) in [7, 11) is 3.51. The van der Waals surface area contributed by atoms with E-state index < -0.39 is 17.5 Å².